The number of ether oxygens (including phenoxy) is 2. The van der Waals surface area contributed by atoms with Crippen LogP contribution in [0.2, 0.25) is 0 Å². The topological polar surface area (TPSA) is 229 Å². The van der Waals surface area contributed by atoms with Crippen LogP contribution in [0, 0.1) is 12.3 Å². The fraction of sp³-hybridized carbons (Fsp3) is 0.482. The first-order chi connectivity index (χ1) is 36.0. The van der Waals surface area contributed by atoms with Gasteiger partial charge >= 0.3 is 0 Å². The molecule has 1 unspecified atom stereocenters. The van der Waals surface area contributed by atoms with E-state index in [4.69, 9.17) is 15.2 Å². The van der Waals surface area contributed by atoms with Gasteiger partial charge in [0.2, 0.25) is 23.6 Å². The molecule has 0 aliphatic carbocycles. The summed E-state index contributed by atoms with van der Waals surface area (Å²) >= 11 is 1.58. The van der Waals surface area contributed by atoms with E-state index >= 15 is 0 Å². The number of piperazine rings is 1. The van der Waals surface area contributed by atoms with Gasteiger partial charge in [0.25, 0.3) is 0 Å². The highest BCUT2D eigenvalue weighted by atomic mass is 32.1. The molecule has 3 aliphatic rings. The third-order valence-corrected chi connectivity index (χ3v) is 15.3. The van der Waals surface area contributed by atoms with Crippen LogP contribution in [-0.2, 0) is 30.5 Å². The SMILES string of the molecule is Cc1ncsc1-c1ccc([C@H](C)NC(=O)C[C@@H]2C[C@@H](O)CN2C(=O)[C@@H](NC(=O)CCOCCC(=O)N2CCN(c3ccc(CN4CCCC(Oc5cc(-c6ccccc6O)nnc5N)C4)cc3)CC2)C(C)(C)C)cc1. The number of aryl methyl sites for hydroxylation is 1. The lowest BCUT2D eigenvalue weighted by molar-refractivity contribution is -0.141. The van der Waals surface area contributed by atoms with E-state index in [9.17, 15) is 29.4 Å². The number of phenols is 1. The van der Waals surface area contributed by atoms with Crippen LogP contribution in [0.4, 0.5) is 11.5 Å². The molecule has 75 heavy (non-hydrogen) atoms. The molecule has 2 aromatic heterocycles. The molecule has 5 atom stereocenters. The number of aromatic hydroxyl groups is 1. The van der Waals surface area contributed by atoms with E-state index in [-0.39, 0.29) is 92.8 Å². The van der Waals surface area contributed by atoms with Crippen molar-refractivity contribution < 1.29 is 38.9 Å². The van der Waals surface area contributed by atoms with Gasteiger partial charge in [0.1, 0.15) is 23.6 Å². The Kier molecular flexibility index (Phi) is 18.0. The third-order valence-electron chi connectivity index (χ3n) is 14.3. The average Bonchev–Trinajstić information content (AvgIpc) is 3.99. The summed E-state index contributed by atoms with van der Waals surface area (Å²) in [5, 5.41) is 35.2. The lowest BCUT2D eigenvalue weighted by atomic mass is 9.85. The van der Waals surface area contributed by atoms with Gasteiger partial charge < -0.3 is 50.8 Å². The number of hydrogen-bond donors (Lipinski definition) is 5. The highest BCUT2D eigenvalue weighted by Gasteiger charge is 2.42. The monoisotopic (exact) mass is 1040 g/mol. The Morgan fingerprint density at radius 1 is 0.893 bits per heavy atom. The van der Waals surface area contributed by atoms with Crippen LogP contribution in [0.5, 0.6) is 11.5 Å². The van der Waals surface area contributed by atoms with Crippen molar-refractivity contribution in [1.82, 2.24) is 40.5 Å². The Bertz CT molecular complexity index is 2740. The second kappa shape index (κ2) is 24.8. The summed E-state index contributed by atoms with van der Waals surface area (Å²) < 4.78 is 12.1. The number of aliphatic hydroxyl groups is 1. The van der Waals surface area contributed by atoms with Gasteiger partial charge in [-0.1, -0.05) is 69.3 Å². The third kappa shape index (κ3) is 14.4. The second-order valence-electron chi connectivity index (χ2n) is 21.0. The zero-order chi connectivity index (χ0) is 53.2. The van der Waals surface area contributed by atoms with E-state index in [1.54, 1.807) is 35.6 Å². The fourth-order valence-corrected chi connectivity index (χ4v) is 10.9. The van der Waals surface area contributed by atoms with Gasteiger partial charge in [0, 0.05) is 82.0 Å². The van der Waals surface area contributed by atoms with Gasteiger partial charge in [-0.3, -0.25) is 24.1 Å². The van der Waals surface area contributed by atoms with Crippen LogP contribution in [0.1, 0.15) is 89.1 Å². The molecule has 3 fully saturated rings. The van der Waals surface area contributed by atoms with Gasteiger partial charge in [-0.25, -0.2) is 4.98 Å². The van der Waals surface area contributed by atoms with Crippen molar-refractivity contribution in [2.75, 3.05) is 69.7 Å². The van der Waals surface area contributed by atoms with Crippen molar-refractivity contribution in [3.8, 4) is 33.2 Å². The fourth-order valence-electron chi connectivity index (χ4n) is 10.1. The number of carbonyl (C=O) groups is 4. The maximum absolute atomic E-state index is 14.1. The number of piperidine rings is 1. The highest BCUT2D eigenvalue weighted by molar-refractivity contribution is 7.13. The molecule has 0 bridgehead atoms. The lowest BCUT2D eigenvalue weighted by Gasteiger charge is -2.36. The summed E-state index contributed by atoms with van der Waals surface area (Å²) in [6.07, 6.45) is 1.47. The van der Waals surface area contributed by atoms with Crippen molar-refractivity contribution in [3.63, 3.8) is 0 Å². The van der Waals surface area contributed by atoms with Crippen molar-refractivity contribution in [2.24, 2.45) is 5.41 Å². The van der Waals surface area contributed by atoms with Crippen molar-refractivity contribution >= 4 is 46.5 Å². The number of phenolic OH excluding ortho intramolecular Hbond substituents is 1. The molecule has 18 nitrogen and oxygen atoms in total. The number of aromatic nitrogens is 3. The number of β-amino-alcohol motifs (C(OH)–C–C–N with tert-alkyl or cyclic N) is 1. The number of nitrogens with zero attached hydrogens (tertiary/aromatic N) is 7. The molecule has 4 amide bonds. The summed E-state index contributed by atoms with van der Waals surface area (Å²) in [4.78, 5) is 67.4. The average molecular weight is 1050 g/mol. The second-order valence-corrected chi connectivity index (χ2v) is 21.9. The van der Waals surface area contributed by atoms with Crippen LogP contribution in [0.25, 0.3) is 21.7 Å². The van der Waals surface area contributed by atoms with Gasteiger partial charge in [0.15, 0.2) is 11.6 Å². The largest absolute Gasteiger partial charge is 0.507 e. The number of benzene rings is 3. The maximum Gasteiger partial charge on any atom is 0.246 e. The molecule has 0 spiro atoms. The van der Waals surface area contributed by atoms with Crippen molar-refractivity contribution in [2.45, 2.75) is 110 Å². The molecule has 6 N–H and O–H groups in total. The number of likely N-dealkylation sites (tertiary alicyclic amines) is 2. The van der Waals surface area contributed by atoms with E-state index in [1.165, 1.54) is 10.5 Å². The smallest absolute Gasteiger partial charge is 0.246 e. The Morgan fingerprint density at radius 2 is 1.63 bits per heavy atom. The van der Waals surface area contributed by atoms with E-state index < -0.39 is 23.6 Å². The maximum atomic E-state index is 14.1. The Hall–Kier alpha value is -6.67. The first-order valence-electron chi connectivity index (χ1n) is 26.1. The first kappa shape index (κ1) is 54.6. The molecule has 0 saturated carbocycles. The molecular weight excluding hydrogens is 973 g/mol. The number of para-hydroxylation sites is 1. The van der Waals surface area contributed by atoms with Crippen LogP contribution >= 0.6 is 11.3 Å². The predicted octanol–water partition coefficient (Wildman–Crippen LogP) is 6.11. The number of rotatable bonds is 19. The van der Waals surface area contributed by atoms with Crippen molar-refractivity contribution in [1.29, 1.82) is 0 Å². The standard InChI is InChI=1S/C56H72N10O8S/c1-36(39-14-16-40(17-15-39)52-37(2)58-35-75-52)59-50(70)30-42-29-43(67)33-66(42)55(72)53(56(3,4)5)60-49(69)20-27-73-28-21-51(71)65-25-23-64(24-26-65)41-18-12-38(13-19-41)32-63-22-8-9-44(34-63)74-48-31-46(61-62-54(48)57)45-10-6-7-11-47(45)68/h6-7,10-19,31,35-36,42-44,53,67-68H,8-9,20-30,32-34H2,1-5H3,(H2,57,62)(H,59,70)(H,60,69)/t36-,42-,43+,44?,53+/m0/s1. The number of nitrogen functional groups attached to an aromatic ring is 1. The molecule has 5 heterocycles. The number of amides is 4. The minimum Gasteiger partial charge on any atom is -0.507 e. The zero-order valence-corrected chi connectivity index (χ0v) is 44.6. The van der Waals surface area contributed by atoms with Crippen molar-refractivity contribution in [3.05, 3.63) is 101 Å². The van der Waals surface area contributed by atoms with Gasteiger partial charge in [-0.15, -0.1) is 21.5 Å². The summed E-state index contributed by atoms with van der Waals surface area (Å²) in [5.41, 5.74) is 13.7. The van der Waals surface area contributed by atoms with Gasteiger partial charge in [-0.05, 0) is 86.0 Å². The minimum atomic E-state index is -0.903. The van der Waals surface area contributed by atoms with Crippen LogP contribution in [0.15, 0.2) is 84.4 Å². The number of nitrogens with one attached hydrogen (secondary N) is 2. The lowest BCUT2D eigenvalue weighted by Crippen LogP contribution is -2.56. The van der Waals surface area contributed by atoms with Crippen LogP contribution < -0.4 is 26.0 Å². The minimum absolute atomic E-state index is 0.000943. The number of hydrogen-bond acceptors (Lipinski definition) is 15. The molecular formula is C56H72N10O8S. The summed E-state index contributed by atoms with van der Waals surface area (Å²) in [7, 11) is 0. The predicted molar refractivity (Wildman–Crippen MR) is 289 cm³/mol. The number of carbonyl (C=O) groups excluding carboxylic acids is 4. The van der Waals surface area contributed by atoms with E-state index in [0.29, 0.717) is 43.2 Å². The molecule has 8 rings (SSSR count). The van der Waals surface area contributed by atoms with E-state index in [2.05, 4.69) is 59.9 Å². The molecule has 3 aliphatic heterocycles. The molecule has 400 valence electrons. The summed E-state index contributed by atoms with van der Waals surface area (Å²) in [5.74, 6) is -0.173. The summed E-state index contributed by atoms with van der Waals surface area (Å²) in [6.45, 7) is 14.9. The molecule has 0 radical (unpaired) electrons. The normalized spacial score (nSPS) is 19.1. The first-order valence-corrected chi connectivity index (χ1v) is 26.9. The Labute approximate surface area is 443 Å². The molecule has 5 aromatic rings. The van der Waals surface area contributed by atoms with Crippen LogP contribution in [-0.4, -0.2) is 147 Å². The molecule has 3 saturated heterocycles. The van der Waals surface area contributed by atoms with Crippen LogP contribution in [0.3, 0.4) is 0 Å². The highest BCUT2D eigenvalue weighted by Crippen LogP contribution is 2.33. The Morgan fingerprint density at radius 3 is 2.33 bits per heavy atom. The quantitative estimate of drug-likeness (QED) is 0.0588. The van der Waals surface area contributed by atoms with Gasteiger partial charge in [-0.2, -0.15) is 0 Å². The Balaban J connectivity index is 0.723. The molecule has 3 aromatic carbocycles. The van der Waals surface area contributed by atoms with E-state index in [1.807, 2.05) is 75.4 Å². The molecule has 19 heteroatoms. The zero-order valence-electron chi connectivity index (χ0n) is 43.7. The van der Waals surface area contributed by atoms with E-state index in [0.717, 1.165) is 59.9 Å². The number of thiazole rings is 1. The van der Waals surface area contributed by atoms with Gasteiger partial charge in [0.05, 0.1) is 47.9 Å². The summed E-state index contributed by atoms with van der Waals surface area (Å²) in [6, 6.07) is 23.6. The number of nitrogens with two attached hydrogens (primary N) is 1. The number of anilines is 2. The number of aliphatic hydroxyl groups excluding tert-OH is 1.